The van der Waals surface area contributed by atoms with E-state index < -0.39 is 199 Å². The number of aliphatic hydroxyl groups excluding tert-OH is 1. The maximum atomic E-state index is 14.8. The van der Waals surface area contributed by atoms with Gasteiger partial charge in [-0.25, -0.2) is 4.98 Å². The van der Waals surface area contributed by atoms with Crippen LogP contribution in [0.25, 0.3) is 21.8 Å². The Bertz CT molecular complexity index is 4070. The van der Waals surface area contributed by atoms with Gasteiger partial charge in [0, 0.05) is 83.3 Å². The predicted molar refractivity (Wildman–Crippen MR) is 414 cm³/mol. The molecule has 2 aromatic carbocycles. The summed E-state index contributed by atoms with van der Waals surface area (Å²) in [4.78, 5) is 219. The van der Waals surface area contributed by atoms with Crippen LogP contribution >= 0.6 is 25.3 Å². The number of aromatic nitrogens is 4. The molecule has 111 heavy (non-hydrogen) atoms. The third-order valence-electron chi connectivity index (χ3n) is 17.5. The van der Waals surface area contributed by atoms with Crippen molar-refractivity contribution in [1.82, 2.24) is 83.7 Å². The molecule has 0 bridgehead atoms. The molecule has 0 aliphatic heterocycles. The quantitative estimate of drug-likeness (QED) is 0.0111. The summed E-state index contributed by atoms with van der Waals surface area (Å²) >= 11 is 8.40. The topological polar surface area (TPSA) is 551 Å². The number of nitrogens with zero attached hydrogens (tertiary/aromatic N) is 1. The van der Waals surface area contributed by atoms with Gasteiger partial charge in [0.2, 0.25) is 76.8 Å². The Morgan fingerprint density at radius 1 is 0.532 bits per heavy atom. The number of H-pyrrole nitrogens is 3. The van der Waals surface area contributed by atoms with Crippen molar-refractivity contribution in [2.45, 2.75) is 185 Å². The van der Waals surface area contributed by atoms with Crippen LogP contribution in [0.2, 0.25) is 0 Å². The van der Waals surface area contributed by atoms with Crippen LogP contribution in [0.15, 0.2) is 86.1 Å². The summed E-state index contributed by atoms with van der Waals surface area (Å²) in [6.45, 7) is 15.3. The number of thiol groups is 2. The SMILES string of the molecule is C=CCOC(=O)CC[C@H](NC(=O)CNC(=O)[C@H](CC(C)C)NC(=O)[C@H](Cc1cnc[nH]1)NC(=O)[C@H](Cc1c[nH]c2ccccc12)NC(=O)[C@H](C)NC(=O)[C@H](CS)NC(=O)[C@@H](N)CC(=O)OC)C(=O)N[C@@H](CC(C)C)C(=O)N[C@H](C(=O)N[C@@H](Cc1c[nH]c2ccccc12)C(=O)N[C@@H](CS)C(=O)N[C@H](C(N)=O)[C@@H](C)O)C(C)C. The van der Waals surface area contributed by atoms with Crippen LogP contribution in [-0.2, 0) is 101 Å². The highest BCUT2D eigenvalue weighted by Gasteiger charge is 2.38. The van der Waals surface area contributed by atoms with Crippen LogP contribution in [0.5, 0.6) is 0 Å². The van der Waals surface area contributed by atoms with Gasteiger partial charge in [-0.3, -0.25) is 71.9 Å². The van der Waals surface area contributed by atoms with E-state index in [9.17, 15) is 77.0 Å². The molecule has 13 atom stereocenters. The summed E-state index contributed by atoms with van der Waals surface area (Å²) in [5, 5.41) is 42.3. The monoisotopic (exact) mass is 1580 g/mol. The normalized spacial score (nSPS) is 14.8. The van der Waals surface area contributed by atoms with E-state index in [1.54, 1.807) is 102 Å². The number of para-hydroxylation sites is 2. The molecular weight excluding hydrogens is 1480 g/mol. The van der Waals surface area contributed by atoms with Crippen molar-refractivity contribution in [3.8, 4) is 0 Å². The summed E-state index contributed by atoms with van der Waals surface area (Å²) < 4.78 is 9.71. The van der Waals surface area contributed by atoms with Crippen molar-refractivity contribution < 1.29 is 86.5 Å². The lowest BCUT2D eigenvalue weighted by Crippen LogP contribution is -2.61. The van der Waals surface area contributed by atoms with Gasteiger partial charge in [0.05, 0.1) is 38.5 Å². The van der Waals surface area contributed by atoms with Crippen LogP contribution in [0, 0.1) is 17.8 Å². The van der Waals surface area contributed by atoms with E-state index in [0.717, 1.165) is 7.11 Å². The first-order valence-electron chi connectivity index (χ1n) is 36.0. The Labute approximate surface area is 652 Å². The van der Waals surface area contributed by atoms with Crippen molar-refractivity contribution in [2.75, 3.05) is 31.8 Å². The lowest BCUT2D eigenvalue weighted by Gasteiger charge is -2.29. The highest BCUT2D eigenvalue weighted by atomic mass is 32.1. The molecule has 20 N–H and O–H groups in total. The van der Waals surface area contributed by atoms with E-state index in [1.807, 2.05) is 0 Å². The number of carbonyl (C=O) groups is 15. The zero-order chi connectivity index (χ0) is 82.3. The van der Waals surface area contributed by atoms with Crippen molar-refractivity contribution in [3.05, 3.63) is 103 Å². The van der Waals surface area contributed by atoms with Gasteiger partial charge in [0.1, 0.15) is 73.1 Å². The van der Waals surface area contributed by atoms with Gasteiger partial charge >= 0.3 is 11.9 Å². The fourth-order valence-corrected chi connectivity index (χ4v) is 12.0. The van der Waals surface area contributed by atoms with Gasteiger partial charge in [0.15, 0.2) is 0 Å². The molecule has 0 saturated heterocycles. The number of nitrogens with one attached hydrogen (secondary N) is 15. The molecular formula is C73H104N18O18S2. The second kappa shape index (κ2) is 44.7. The number of aliphatic hydroxyl groups is 1. The van der Waals surface area contributed by atoms with E-state index >= 15 is 0 Å². The lowest BCUT2D eigenvalue weighted by atomic mass is 9.98. The smallest absolute Gasteiger partial charge is 0.307 e. The molecule has 5 rings (SSSR count). The summed E-state index contributed by atoms with van der Waals surface area (Å²) in [6, 6.07) is -3.01. The minimum Gasteiger partial charge on any atom is -0.469 e. The summed E-state index contributed by atoms with van der Waals surface area (Å²) in [6.07, 6.45) is 3.86. The highest BCUT2D eigenvalue weighted by Crippen LogP contribution is 2.22. The first-order valence-corrected chi connectivity index (χ1v) is 37.3. The number of methoxy groups -OCH3 is 1. The third-order valence-corrected chi connectivity index (χ3v) is 18.2. The molecule has 0 saturated carbocycles. The van der Waals surface area contributed by atoms with Crippen molar-refractivity contribution >= 4 is 136 Å². The van der Waals surface area contributed by atoms with E-state index in [1.165, 1.54) is 32.4 Å². The van der Waals surface area contributed by atoms with E-state index in [-0.39, 0.29) is 62.1 Å². The molecule has 13 amide bonds. The van der Waals surface area contributed by atoms with E-state index in [0.29, 0.717) is 38.6 Å². The van der Waals surface area contributed by atoms with E-state index in [4.69, 9.17) is 16.2 Å². The lowest BCUT2D eigenvalue weighted by molar-refractivity contribution is -0.143. The molecule has 0 unspecified atom stereocenters. The van der Waals surface area contributed by atoms with Gasteiger partial charge in [-0.15, -0.1) is 0 Å². The van der Waals surface area contributed by atoms with Gasteiger partial charge in [-0.1, -0.05) is 90.6 Å². The fraction of sp³-hybridized carbons (Fsp3) is 0.507. The standard InChI is InChI=1S/C73H104N18O18S2/c1-11-22-109-58(94)21-20-49(66(100)85-51(24-37(4)5)70(104)90-60(38(6)7)73(107)87-53(26-42-30-78-48-19-15-13-17-45(42)48)68(102)89-56(34-111)72(106)91-61(40(9)92)62(75)96)82-57(93)32-79-65(99)50(23-36(2)3)84-69(103)54(27-43-31-76-35-80-43)86-67(101)52(25-41-29-77-47-18-14-12-16-44(41)47)83-63(97)39(8)81-71(105)55(33-110)88-64(98)46(74)28-59(95)108-10/h11-19,29-31,35-40,46,49-56,60-61,77-78,92,110-111H,1,20-28,32-34,74H2,2-10H3,(H2,75,96)(H,76,80)(H,79,99)(H,81,105)(H,82,93)(H,83,97)(H,84,103)(H,85,100)(H,86,101)(H,87,107)(H,88,98)(H,89,102)(H,90,104)(H,91,106)/t39-,40+,46-,49-,50-,51-,52-,53-,54-,55-,56-,60-,61-/m0/s1. The number of hydrogen-bond acceptors (Lipinski definition) is 22. The van der Waals surface area contributed by atoms with Crippen molar-refractivity contribution in [1.29, 1.82) is 0 Å². The first-order chi connectivity index (χ1) is 52.6. The Morgan fingerprint density at radius 3 is 1.47 bits per heavy atom. The zero-order valence-electron chi connectivity index (χ0n) is 63.3. The molecule has 0 fully saturated rings. The molecule has 36 nitrogen and oxygen atoms in total. The molecule has 38 heteroatoms. The highest BCUT2D eigenvalue weighted by molar-refractivity contribution is 7.80. The molecule has 0 aliphatic rings. The van der Waals surface area contributed by atoms with Crippen molar-refractivity contribution in [2.24, 2.45) is 29.2 Å². The van der Waals surface area contributed by atoms with Crippen molar-refractivity contribution in [3.63, 3.8) is 0 Å². The maximum absolute atomic E-state index is 14.8. The average molecular weight is 1590 g/mol. The van der Waals surface area contributed by atoms with Gasteiger partial charge in [-0.2, -0.15) is 25.3 Å². The Kier molecular flexibility index (Phi) is 36.6. The number of benzene rings is 2. The Morgan fingerprint density at radius 2 is 0.982 bits per heavy atom. The number of primary amides is 1. The number of aromatic amines is 3. The number of esters is 2. The number of amides is 13. The first kappa shape index (κ1) is 90.8. The zero-order valence-corrected chi connectivity index (χ0v) is 65.1. The third kappa shape index (κ3) is 28.8. The molecule has 3 aromatic heterocycles. The minimum absolute atomic E-state index is 0.0352. The van der Waals surface area contributed by atoms with Gasteiger partial charge in [-0.05, 0) is 74.1 Å². The molecule has 0 radical (unpaired) electrons. The fourth-order valence-electron chi connectivity index (χ4n) is 11.5. The van der Waals surface area contributed by atoms with Crippen LogP contribution in [0.3, 0.4) is 0 Å². The molecule has 0 aliphatic carbocycles. The summed E-state index contributed by atoms with van der Waals surface area (Å²) in [5.74, 6) is -15.3. The number of hydrogen-bond donors (Lipinski definition) is 20. The molecule has 5 aromatic rings. The molecule has 3 heterocycles. The summed E-state index contributed by atoms with van der Waals surface area (Å²) in [7, 11) is 1.11. The maximum Gasteiger partial charge on any atom is 0.307 e. The predicted octanol–water partition coefficient (Wildman–Crippen LogP) is -2.26. The Hall–Kier alpha value is -10.9. The number of rotatable bonds is 46. The largest absolute Gasteiger partial charge is 0.469 e. The second-order valence-electron chi connectivity index (χ2n) is 27.8. The van der Waals surface area contributed by atoms with Crippen LogP contribution in [0.4, 0.5) is 0 Å². The van der Waals surface area contributed by atoms with Crippen LogP contribution in [0.1, 0.15) is 104 Å². The Balaban J connectivity index is 1.35. The molecule has 0 spiro atoms. The number of nitrogens with two attached hydrogens (primary N) is 2. The minimum atomic E-state index is -1.60. The second-order valence-corrected chi connectivity index (χ2v) is 28.5. The number of fused-ring (bicyclic) bond motifs is 2. The summed E-state index contributed by atoms with van der Waals surface area (Å²) in [5.41, 5.74) is 14.1. The number of ether oxygens (including phenoxy) is 2. The van der Waals surface area contributed by atoms with Crippen LogP contribution < -0.4 is 75.3 Å². The van der Waals surface area contributed by atoms with E-state index in [2.05, 4.69) is 120 Å². The van der Waals surface area contributed by atoms with Gasteiger partial charge in [0.25, 0.3) is 0 Å². The average Bonchev–Trinajstić information content (AvgIpc) is 1.71. The number of carbonyl (C=O) groups excluding carboxylic acids is 15. The van der Waals surface area contributed by atoms with Crippen LogP contribution in [-0.4, -0.2) is 224 Å². The molecule has 606 valence electrons. The van der Waals surface area contributed by atoms with Gasteiger partial charge < -0.3 is 105 Å². The number of imidazole rings is 1.